The number of benzene rings is 5. The minimum atomic E-state index is -3.97. The van der Waals surface area contributed by atoms with Crippen molar-refractivity contribution < 1.29 is 25.3 Å². The van der Waals surface area contributed by atoms with Crippen LogP contribution in [0.25, 0.3) is 0 Å². The lowest BCUT2D eigenvalue weighted by Crippen LogP contribution is -2.34. The molecule has 0 spiro atoms. The number of hydrogen-bond acceptors (Lipinski definition) is 6. The van der Waals surface area contributed by atoms with Gasteiger partial charge in [0.15, 0.2) is 0 Å². The molecule has 6 bridgehead atoms. The van der Waals surface area contributed by atoms with Gasteiger partial charge in [0.25, 0.3) is 0 Å². The van der Waals surface area contributed by atoms with E-state index < -0.39 is 30.1 Å². The molecule has 12 heteroatoms. The monoisotopic (exact) mass is 741 g/mol. The van der Waals surface area contributed by atoms with Crippen molar-refractivity contribution in [2.45, 2.75) is 74.7 Å². The van der Waals surface area contributed by atoms with E-state index in [9.17, 15) is 25.3 Å². The summed E-state index contributed by atoms with van der Waals surface area (Å²) in [7, 11) is -11.9. The van der Waals surface area contributed by atoms with Crippen molar-refractivity contribution in [2.75, 3.05) is 0 Å². The lowest BCUT2D eigenvalue weighted by molar-refractivity contribution is 0.381. The Hall–Kier alpha value is -4.17. The van der Waals surface area contributed by atoms with Gasteiger partial charge >= 0.3 is 0 Å². The number of aryl methyl sites for hydroxylation is 3. The third-order valence-corrected chi connectivity index (χ3v) is 14.8. The van der Waals surface area contributed by atoms with E-state index in [0.29, 0.717) is 33.4 Å². The van der Waals surface area contributed by atoms with E-state index in [0.717, 1.165) is 16.7 Å². The molecule has 3 aliphatic rings. The first kappa shape index (κ1) is 35.2. The van der Waals surface area contributed by atoms with Crippen LogP contribution in [0.4, 0.5) is 0 Å². The molecule has 264 valence electrons. The summed E-state index contributed by atoms with van der Waals surface area (Å²) in [4.78, 5) is 0.516. The highest BCUT2D eigenvalue weighted by molar-refractivity contribution is 7.89. The SMILES string of the molecule is Cc1ccc(S(=O)(=O)N2Cc3cc4cc(c3)CN(S(=O)(=O)c3ccc(C)cc3)Cc3cc(cc(c3)CN(S(=O)(=O)c3ccc(C)cc3)C4)C2)cc1. The van der Waals surface area contributed by atoms with Crippen LogP contribution in [0.5, 0.6) is 0 Å². The van der Waals surface area contributed by atoms with Crippen LogP contribution in [0, 0.1) is 20.8 Å². The zero-order valence-electron chi connectivity index (χ0n) is 28.7. The molecule has 9 nitrogen and oxygen atoms in total. The summed E-state index contributed by atoms with van der Waals surface area (Å²) in [5.74, 6) is 0. The number of hydrogen-bond donors (Lipinski definition) is 0. The van der Waals surface area contributed by atoms with Crippen molar-refractivity contribution in [3.63, 3.8) is 0 Å². The summed E-state index contributed by atoms with van der Waals surface area (Å²) < 4.78 is 89.7. The maximum absolute atomic E-state index is 14.2. The van der Waals surface area contributed by atoms with Gasteiger partial charge in [0.1, 0.15) is 0 Å². The van der Waals surface area contributed by atoms with Crippen LogP contribution >= 0.6 is 0 Å². The summed E-state index contributed by atoms with van der Waals surface area (Å²) in [5, 5.41) is 0. The first-order valence-corrected chi connectivity index (χ1v) is 20.9. The Labute approximate surface area is 300 Å². The highest BCUT2D eigenvalue weighted by Crippen LogP contribution is 2.31. The van der Waals surface area contributed by atoms with Crippen molar-refractivity contribution in [3.05, 3.63) is 159 Å². The molecule has 0 radical (unpaired) electrons. The van der Waals surface area contributed by atoms with Gasteiger partial charge in [-0.3, -0.25) is 0 Å². The Bertz CT molecular complexity index is 2090. The van der Waals surface area contributed by atoms with E-state index in [1.54, 1.807) is 72.8 Å². The highest BCUT2D eigenvalue weighted by Gasteiger charge is 2.32. The Morgan fingerprint density at radius 2 is 0.510 bits per heavy atom. The Kier molecular flexibility index (Phi) is 9.28. The number of fused-ring (bicyclic) bond motifs is 6. The zero-order chi connectivity index (χ0) is 36.1. The Morgan fingerprint density at radius 3 is 0.686 bits per heavy atom. The summed E-state index contributed by atoms with van der Waals surface area (Å²) in [6.45, 7) is 5.65. The molecule has 8 rings (SSSR count). The fraction of sp³-hybridized carbons (Fsp3) is 0.231. The number of nitrogens with zero attached hydrogens (tertiary/aromatic N) is 3. The van der Waals surface area contributed by atoms with Gasteiger partial charge in [0.05, 0.1) is 14.7 Å². The second-order valence-electron chi connectivity index (χ2n) is 13.6. The first-order valence-electron chi connectivity index (χ1n) is 16.6. The topological polar surface area (TPSA) is 112 Å². The van der Waals surface area contributed by atoms with E-state index in [1.165, 1.54) is 12.9 Å². The van der Waals surface area contributed by atoms with Crippen LogP contribution in [-0.2, 0) is 69.3 Å². The van der Waals surface area contributed by atoms with E-state index in [-0.39, 0.29) is 54.0 Å². The molecule has 3 aliphatic heterocycles. The fourth-order valence-corrected chi connectivity index (χ4v) is 11.0. The molecular weight excluding hydrogens is 703 g/mol. The molecule has 0 aromatic heterocycles. The van der Waals surface area contributed by atoms with Crippen LogP contribution in [0.15, 0.2) is 124 Å². The summed E-state index contributed by atoms with van der Waals surface area (Å²) >= 11 is 0. The lowest BCUT2D eigenvalue weighted by atomic mass is 10.0. The average Bonchev–Trinajstić information content (AvgIpc) is 3.07. The Morgan fingerprint density at radius 1 is 0.333 bits per heavy atom. The van der Waals surface area contributed by atoms with Gasteiger partial charge in [-0.15, -0.1) is 0 Å². The molecular formula is C39H39N3O6S3. The lowest BCUT2D eigenvalue weighted by Gasteiger charge is -2.30. The smallest absolute Gasteiger partial charge is 0.207 e. The van der Waals surface area contributed by atoms with Crippen LogP contribution in [0.1, 0.15) is 50.1 Å². The van der Waals surface area contributed by atoms with E-state index in [1.807, 2.05) is 57.2 Å². The van der Waals surface area contributed by atoms with Gasteiger partial charge in [-0.1, -0.05) is 89.5 Å². The summed E-state index contributed by atoms with van der Waals surface area (Å²) in [5.41, 5.74) is 6.55. The van der Waals surface area contributed by atoms with Crippen molar-refractivity contribution in [1.82, 2.24) is 12.9 Å². The van der Waals surface area contributed by atoms with Gasteiger partial charge in [0.2, 0.25) is 30.1 Å². The Balaban J connectivity index is 1.42. The van der Waals surface area contributed by atoms with Crippen LogP contribution in [0.2, 0.25) is 0 Å². The van der Waals surface area contributed by atoms with Crippen molar-refractivity contribution in [1.29, 1.82) is 0 Å². The molecule has 0 atom stereocenters. The zero-order valence-corrected chi connectivity index (χ0v) is 31.1. The van der Waals surface area contributed by atoms with Gasteiger partial charge in [-0.2, -0.15) is 12.9 Å². The number of sulfonamides is 3. The van der Waals surface area contributed by atoms with Crippen LogP contribution in [-0.4, -0.2) is 38.2 Å². The van der Waals surface area contributed by atoms with E-state index >= 15 is 0 Å². The summed E-state index contributed by atoms with van der Waals surface area (Å²) in [6, 6.07) is 31.2. The molecule has 0 unspecified atom stereocenters. The highest BCUT2D eigenvalue weighted by atomic mass is 32.2. The minimum Gasteiger partial charge on any atom is -0.207 e. The largest absolute Gasteiger partial charge is 0.243 e. The maximum Gasteiger partial charge on any atom is 0.243 e. The molecule has 0 saturated carbocycles. The van der Waals surface area contributed by atoms with Crippen molar-refractivity contribution in [2.24, 2.45) is 0 Å². The maximum atomic E-state index is 14.2. The van der Waals surface area contributed by atoms with Gasteiger partial charge in [-0.05, 0) is 90.6 Å². The third kappa shape index (κ3) is 7.30. The predicted octanol–water partition coefficient (Wildman–Crippen LogP) is 6.41. The molecule has 0 aliphatic carbocycles. The molecule has 51 heavy (non-hydrogen) atoms. The normalized spacial score (nSPS) is 16.3. The molecule has 5 aromatic carbocycles. The van der Waals surface area contributed by atoms with Crippen LogP contribution in [0.3, 0.4) is 0 Å². The second-order valence-corrected chi connectivity index (χ2v) is 19.4. The molecule has 0 amide bonds. The van der Waals surface area contributed by atoms with Crippen molar-refractivity contribution >= 4 is 30.1 Å². The third-order valence-electron chi connectivity index (χ3n) is 9.35. The molecule has 0 N–H and O–H groups in total. The molecule has 5 aromatic rings. The average molecular weight is 742 g/mol. The minimum absolute atomic E-state index is 0.00790. The van der Waals surface area contributed by atoms with Crippen molar-refractivity contribution in [3.8, 4) is 0 Å². The van der Waals surface area contributed by atoms with E-state index in [2.05, 4.69) is 0 Å². The first-order chi connectivity index (χ1) is 24.2. The quantitative estimate of drug-likeness (QED) is 0.199. The molecule has 3 heterocycles. The van der Waals surface area contributed by atoms with Crippen LogP contribution < -0.4 is 0 Å². The second kappa shape index (κ2) is 13.4. The predicted molar refractivity (Wildman–Crippen MR) is 196 cm³/mol. The van der Waals surface area contributed by atoms with Gasteiger partial charge < -0.3 is 0 Å². The number of rotatable bonds is 6. The molecule has 0 fully saturated rings. The standard InChI is InChI=1S/C39H39N3O6S3/c1-28-4-10-37(11-5-28)49(43,44)40-22-31-16-33-20-35(18-31)26-42(51(47,48)39-14-8-30(3)9-15-39)27-36-19-32(23-40)17-34(21-36)25-41(24-33)50(45,46)38-12-6-29(2)7-13-38/h4-21H,22-27H2,1-3H3. The fourth-order valence-electron chi connectivity index (χ4n) is 6.70. The molecule has 0 saturated heterocycles. The van der Waals surface area contributed by atoms with Gasteiger partial charge in [0, 0.05) is 39.3 Å². The van der Waals surface area contributed by atoms with Gasteiger partial charge in [-0.25, -0.2) is 25.3 Å². The van der Waals surface area contributed by atoms with E-state index in [4.69, 9.17) is 0 Å². The summed E-state index contributed by atoms with van der Waals surface area (Å²) in [6.07, 6.45) is 0.